The summed E-state index contributed by atoms with van der Waals surface area (Å²) in [5, 5.41) is 3.14. The Kier molecular flexibility index (Phi) is 4.29. The SMILES string of the molecule is CN(C)C(=O)c1cc(-c2cnc(Nc3ccccc3)nc2)cn1C. The molecule has 0 spiro atoms. The topological polar surface area (TPSA) is 63.1 Å². The zero-order valence-corrected chi connectivity index (χ0v) is 13.9. The molecule has 122 valence electrons. The van der Waals surface area contributed by atoms with Crippen LogP contribution in [0.1, 0.15) is 10.5 Å². The first-order chi connectivity index (χ1) is 11.5. The van der Waals surface area contributed by atoms with Gasteiger partial charge >= 0.3 is 0 Å². The summed E-state index contributed by atoms with van der Waals surface area (Å²) in [6.07, 6.45) is 5.40. The molecule has 6 heteroatoms. The predicted molar refractivity (Wildman–Crippen MR) is 94.2 cm³/mol. The van der Waals surface area contributed by atoms with Gasteiger partial charge in [-0.2, -0.15) is 0 Å². The quantitative estimate of drug-likeness (QED) is 0.802. The number of amides is 1. The van der Waals surface area contributed by atoms with E-state index < -0.39 is 0 Å². The lowest BCUT2D eigenvalue weighted by Gasteiger charge is -2.10. The van der Waals surface area contributed by atoms with Crippen molar-refractivity contribution in [2.75, 3.05) is 19.4 Å². The molecule has 0 aliphatic carbocycles. The van der Waals surface area contributed by atoms with Crippen LogP contribution in [0.25, 0.3) is 11.1 Å². The summed E-state index contributed by atoms with van der Waals surface area (Å²) in [5.41, 5.74) is 3.33. The minimum absolute atomic E-state index is 0.0352. The molecule has 1 amide bonds. The molecule has 0 saturated heterocycles. The summed E-state index contributed by atoms with van der Waals surface area (Å²) in [4.78, 5) is 22.4. The average Bonchev–Trinajstić information content (AvgIpc) is 2.97. The third-order valence-electron chi connectivity index (χ3n) is 3.65. The summed E-state index contributed by atoms with van der Waals surface area (Å²) < 4.78 is 1.81. The van der Waals surface area contributed by atoms with E-state index in [1.807, 2.05) is 54.2 Å². The molecule has 0 atom stereocenters. The molecule has 6 nitrogen and oxygen atoms in total. The molecule has 1 N–H and O–H groups in total. The van der Waals surface area contributed by atoms with Crippen molar-refractivity contribution in [1.82, 2.24) is 19.4 Å². The van der Waals surface area contributed by atoms with Gasteiger partial charge in [0.15, 0.2) is 0 Å². The number of aromatic nitrogens is 3. The van der Waals surface area contributed by atoms with E-state index in [9.17, 15) is 4.79 Å². The van der Waals surface area contributed by atoms with E-state index >= 15 is 0 Å². The van der Waals surface area contributed by atoms with Crippen LogP contribution in [0.15, 0.2) is 55.0 Å². The Hall–Kier alpha value is -3.15. The highest BCUT2D eigenvalue weighted by atomic mass is 16.2. The molecule has 0 fully saturated rings. The highest BCUT2D eigenvalue weighted by Crippen LogP contribution is 2.22. The van der Waals surface area contributed by atoms with E-state index in [-0.39, 0.29) is 5.91 Å². The van der Waals surface area contributed by atoms with Crippen molar-refractivity contribution in [1.29, 1.82) is 0 Å². The van der Waals surface area contributed by atoms with Crippen molar-refractivity contribution >= 4 is 17.5 Å². The van der Waals surface area contributed by atoms with E-state index in [1.165, 1.54) is 0 Å². The summed E-state index contributed by atoms with van der Waals surface area (Å²) >= 11 is 0. The molecular weight excluding hydrogens is 302 g/mol. The lowest BCUT2D eigenvalue weighted by molar-refractivity contribution is 0.0818. The van der Waals surface area contributed by atoms with Gasteiger partial charge in [-0.3, -0.25) is 4.79 Å². The fraction of sp³-hybridized carbons (Fsp3) is 0.167. The van der Waals surface area contributed by atoms with Gasteiger partial charge in [-0.05, 0) is 18.2 Å². The Morgan fingerprint density at radius 3 is 2.38 bits per heavy atom. The van der Waals surface area contributed by atoms with Gasteiger partial charge in [-0.15, -0.1) is 0 Å². The second-order valence-electron chi connectivity index (χ2n) is 5.71. The smallest absolute Gasteiger partial charge is 0.269 e. The number of nitrogens with zero attached hydrogens (tertiary/aromatic N) is 4. The van der Waals surface area contributed by atoms with Crippen molar-refractivity contribution < 1.29 is 4.79 Å². The minimum atomic E-state index is -0.0352. The summed E-state index contributed by atoms with van der Waals surface area (Å²) in [6, 6.07) is 11.6. The van der Waals surface area contributed by atoms with Crippen molar-refractivity contribution in [2.45, 2.75) is 0 Å². The lowest BCUT2D eigenvalue weighted by Crippen LogP contribution is -2.23. The minimum Gasteiger partial charge on any atom is -0.346 e. The highest BCUT2D eigenvalue weighted by molar-refractivity contribution is 5.94. The highest BCUT2D eigenvalue weighted by Gasteiger charge is 2.14. The first-order valence-electron chi connectivity index (χ1n) is 7.57. The number of carbonyl (C=O) groups excluding carboxylic acids is 1. The summed E-state index contributed by atoms with van der Waals surface area (Å²) in [7, 11) is 5.33. The third-order valence-corrected chi connectivity index (χ3v) is 3.65. The van der Waals surface area contributed by atoms with Crippen LogP contribution in [0.2, 0.25) is 0 Å². The third kappa shape index (κ3) is 3.27. The van der Waals surface area contributed by atoms with E-state index in [4.69, 9.17) is 0 Å². The molecule has 1 aromatic carbocycles. The standard InChI is InChI=1S/C18H19N5O/c1-22(2)17(24)16-9-13(12-23(16)3)14-10-19-18(20-11-14)21-15-7-5-4-6-8-15/h4-12H,1-3H3,(H,19,20,21). The number of para-hydroxylation sites is 1. The van der Waals surface area contributed by atoms with E-state index in [2.05, 4.69) is 15.3 Å². The number of benzene rings is 1. The van der Waals surface area contributed by atoms with Crippen LogP contribution in [-0.2, 0) is 7.05 Å². The number of rotatable bonds is 4. The van der Waals surface area contributed by atoms with Crippen LogP contribution < -0.4 is 5.32 Å². The molecular formula is C18H19N5O. The van der Waals surface area contributed by atoms with Crippen molar-refractivity contribution in [3.8, 4) is 11.1 Å². The van der Waals surface area contributed by atoms with Crippen molar-refractivity contribution in [3.05, 3.63) is 60.7 Å². The lowest BCUT2D eigenvalue weighted by atomic mass is 10.2. The zero-order valence-electron chi connectivity index (χ0n) is 13.9. The molecule has 0 saturated carbocycles. The van der Waals surface area contributed by atoms with Crippen molar-refractivity contribution in [2.24, 2.45) is 7.05 Å². The van der Waals surface area contributed by atoms with Crippen LogP contribution in [0.4, 0.5) is 11.6 Å². The van der Waals surface area contributed by atoms with Crippen LogP contribution in [0.3, 0.4) is 0 Å². The molecule has 3 aromatic rings. The first kappa shape index (κ1) is 15.7. The molecule has 2 aromatic heterocycles. The fourth-order valence-electron chi connectivity index (χ4n) is 2.36. The van der Waals surface area contributed by atoms with Gasteiger partial charge in [0.25, 0.3) is 5.91 Å². The van der Waals surface area contributed by atoms with E-state index in [1.54, 1.807) is 31.4 Å². The van der Waals surface area contributed by atoms with Crippen LogP contribution in [-0.4, -0.2) is 39.4 Å². The van der Waals surface area contributed by atoms with Gasteiger partial charge in [-0.1, -0.05) is 18.2 Å². The van der Waals surface area contributed by atoms with Gasteiger partial charge in [0.2, 0.25) is 5.95 Å². The van der Waals surface area contributed by atoms with Gasteiger partial charge in [0.1, 0.15) is 5.69 Å². The summed E-state index contributed by atoms with van der Waals surface area (Å²) in [5.74, 6) is 0.498. The molecule has 0 bridgehead atoms. The van der Waals surface area contributed by atoms with Gasteiger partial charge < -0.3 is 14.8 Å². The van der Waals surface area contributed by atoms with Gasteiger partial charge in [0.05, 0.1) is 0 Å². The molecule has 0 aliphatic rings. The Morgan fingerprint density at radius 2 is 1.75 bits per heavy atom. The normalized spacial score (nSPS) is 10.5. The summed E-state index contributed by atoms with van der Waals surface area (Å²) in [6.45, 7) is 0. The van der Waals surface area contributed by atoms with E-state index in [0.29, 0.717) is 11.6 Å². The van der Waals surface area contributed by atoms with Crippen LogP contribution >= 0.6 is 0 Å². The molecule has 2 heterocycles. The maximum Gasteiger partial charge on any atom is 0.269 e. The molecule has 0 unspecified atom stereocenters. The Morgan fingerprint density at radius 1 is 1.08 bits per heavy atom. The monoisotopic (exact) mass is 321 g/mol. The predicted octanol–water partition coefficient (Wildman–Crippen LogP) is 2.93. The van der Waals surface area contributed by atoms with Gasteiger partial charge in [-0.25, -0.2) is 9.97 Å². The fourth-order valence-corrected chi connectivity index (χ4v) is 2.36. The second kappa shape index (κ2) is 6.54. The Bertz CT molecular complexity index is 838. The Balaban J connectivity index is 1.81. The maximum absolute atomic E-state index is 12.1. The first-order valence-corrected chi connectivity index (χ1v) is 7.57. The van der Waals surface area contributed by atoms with Crippen molar-refractivity contribution in [3.63, 3.8) is 0 Å². The number of nitrogens with one attached hydrogen (secondary N) is 1. The number of aryl methyl sites for hydroxylation is 1. The van der Waals surface area contributed by atoms with Gasteiger partial charge in [0, 0.05) is 56.5 Å². The molecule has 24 heavy (non-hydrogen) atoms. The van der Waals surface area contributed by atoms with Crippen LogP contribution in [0, 0.1) is 0 Å². The molecule has 0 aliphatic heterocycles. The molecule has 0 radical (unpaired) electrons. The number of hydrogen-bond donors (Lipinski definition) is 1. The number of carbonyl (C=O) groups is 1. The number of hydrogen-bond acceptors (Lipinski definition) is 4. The van der Waals surface area contributed by atoms with Crippen LogP contribution in [0.5, 0.6) is 0 Å². The zero-order chi connectivity index (χ0) is 17.1. The second-order valence-corrected chi connectivity index (χ2v) is 5.71. The largest absolute Gasteiger partial charge is 0.346 e. The average molecular weight is 321 g/mol. The Labute approximate surface area is 140 Å². The molecule has 3 rings (SSSR count). The number of anilines is 2. The maximum atomic E-state index is 12.1. The van der Waals surface area contributed by atoms with E-state index in [0.717, 1.165) is 16.8 Å².